The Labute approximate surface area is 95.2 Å². The van der Waals surface area contributed by atoms with E-state index in [1.165, 1.54) is 12.8 Å². The molecule has 15 heavy (non-hydrogen) atoms. The number of halogens is 1. The van der Waals surface area contributed by atoms with Gasteiger partial charge in [-0.15, -0.1) is 0 Å². The van der Waals surface area contributed by atoms with Gasteiger partial charge in [0.15, 0.2) is 5.15 Å². The fourth-order valence-electron chi connectivity index (χ4n) is 1.84. The highest BCUT2D eigenvalue weighted by atomic mass is 35.5. The van der Waals surface area contributed by atoms with Gasteiger partial charge in [-0.2, -0.15) is 0 Å². The van der Waals surface area contributed by atoms with Crippen molar-refractivity contribution in [2.45, 2.75) is 25.8 Å². The zero-order chi connectivity index (χ0) is 10.7. The second kappa shape index (κ2) is 4.81. The Morgan fingerprint density at radius 2 is 2.53 bits per heavy atom. The number of hydrogen-bond acceptors (Lipinski definition) is 3. The molecule has 1 aliphatic heterocycles. The minimum atomic E-state index is 0.554. The van der Waals surface area contributed by atoms with Crippen LogP contribution in [0.4, 0.5) is 5.69 Å². The number of hydrogen-bond donors (Lipinski definition) is 2. The molecule has 3 nitrogen and oxygen atoms in total. The second-order valence-electron chi connectivity index (χ2n) is 4.03. The fourth-order valence-corrected chi connectivity index (χ4v) is 2.01. The molecule has 4 heteroatoms. The van der Waals surface area contributed by atoms with E-state index in [0.29, 0.717) is 11.2 Å². The predicted octanol–water partition coefficient (Wildman–Crippen LogP) is 2.21. The van der Waals surface area contributed by atoms with E-state index in [1.807, 2.05) is 13.0 Å². The van der Waals surface area contributed by atoms with E-state index in [-0.39, 0.29) is 0 Å². The summed E-state index contributed by atoms with van der Waals surface area (Å²) in [5.41, 5.74) is 2.06. The van der Waals surface area contributed by atoms with Gasteiger partial charge in [-0.1, -0.05) is 11.6 Å². The zero-order valence-electron chi connectivity index (χ0n) is 8.89. The van der Waals surface area contributed by atoms with Crippen molar-refractivity contribution in [2.24, 2.45) is 0 Å². The second-order valence-corrected chi connectivity index (χ2v) is 4.38. The van der Waals surface area contributed by atoms with Crippen molar-refractivity contribution in [1.29, 1.82) is 0 Å². The Kier molecular flexibility index (Phi) is 3.44. The maximum absolute atomic E-state index is 5.99. The van der Waals surface area contributed by atoms with Crippen LogP contribution in [0.3, 0.4) is 0 Å². The summed E-state index contributed by atoms with van der Waals surface area (Å²) < 4.78 is 0. The van der Waals surface area contributed by atoms with E-state index in [0.717, 1.165) is 24.3 Å². The maximum Gasteiger partial charge on any atom is 0.152 e. The van der Waals surface area contributed by atoms with E-state index >= 15 is 0 Å². The van der Waals surface area contributed by atoms with Gasteiger partial charge in [0.25, 0.3) is 0 Å². The third-order valence-electron chi connectivity index (χ3n) is 2.68. The van der Waals surface area contributed by atoms with E-state index in [9.17, 15) is 0 Å². The standard InChI is InChI=1S/C11H16ClN3/c1-8-5-10(11(12)15-6-8)14-7-9-3-2-4-13-9/h5-6,9,13-14H,2-4,7H2,1H3. The van der Waals surface area contributed by atoms with Crippen LogP contribution in [0.15, 0.2) is 12.3 Å². The van der Waals surface area contributed by atoms with Crippen molar-refractivity contribution in [1.82, 2.24) is 10.3 Å². The largest absolute Gasteiger partial charge is 0.381 e. The molecule has 1 aromatic heterocycles. The van der Waals surface area contributed by atoms with Crippen LogP contribution < -0.4 is 10.6 Å². The van der Waals surface area contributed by atoms with E-state index in [1.54, 1.807) is 6.20 Å². The highest BCUT2D eigenvalue weighted by molar-refractivity contribution is 6.31. The topological polar surface area (TPSA) is 37.0 Å². The number of rotatable bonds is 3. The van der Waals surface area contributed by atoms with Crippen molar-refractivity contribution in [3.05, 3.63) is 23.0 Å². The monoisotopic (exact) mass is 225 g/mol. The van der Waals surface area contributed by atoms with Crippen LogP contribution in [0.1, 0.15) is 18.4 Å². The van der Waals surface area contributed by atoms with Crippen LogP contribution in [0.5, 0.6) is 0 Å². The van der Waals surface area contributed by atoms with Crippen molar-refractivity contribution in [2.75, 3.05) is 18.4 Å². The quantitative estimate of drug-likeness (QED) is 0.775. The van der Waals surface area contributed by atoms with Gasteiger partial charge in [0.05, 0.1) is 5.69 Å². The van der Waals surface area contributed by atoms with Gasteiger partial charge >= 0.3 is 0 Å². The molecule has 1 aromatic rings. The lowest BCUT2D eigenvalue weighted by atomic mass is 10.2. The average molecular weight is 226 g/mol. The van der Waals surface area contributed by atoms with Crippen molar-refractivity contribution >= 4 is 17.3 Å². The van der Waals surface area contributed by atoms with E-state index in [2.05, 4.69) is 15.6 Å². The molecule has 1 fully saturated rings. The molecule has 0 aliphatic carbocycles. The molecule has 0 amide bonds. The molecule has 1 saturated heterocycles. The Balaban J connectivity index is 1.94. The fraction of sp³-hybridized carbons (Fsp3) is 0.545. The summed E-state index contributed by atoms with van der Waals surface area (Å²) in [6.45, 7) is 4.07. The third kappa shape index (κ3) is 2.83. The Bertz CT molecular complexity index is 335. The van der Waals surface area contributed by atoms with E-state index in [4.69, 9.17) is 11.6 Å². The highest BCUT2D eigenvalue weighted by Crippen LogP contribution is 2.20. The normalized spacial score (nSPS) is 20.5. The minimum Gasteiger partial charge on any atom is -0.381 e. The van der Waals surface area contributed by atoms with Crippen LogP contribution in [-0.2, 0) is 0 Å². The van der Waals surface area contributed by atoms with Gasteiger partial charge in [-0.3, -0.25) is 0 Å². The Morgan fingerprint density at radius 3 is 3.27 bits per heavy atom. The first kappa shape index (κ1) is 10.7. The lowest BCUT2D eigenvalue weighted by Crippen LogP contribution is -2.29. The Morgan fingerprint density at radius 1 is 1.67 bits per heavy atom. The zero-order valence-corrected chi connectivity index (χ0v) is 9.64. The molecular weight excluding hydrogens is 210 g/mol. The molecule has 0 radical (unpaired) electrons. The number of aryl methyl sites for hydroxylation is 1. The van der Waals surface area contributed by atoms with Crippen LogP contribution in [0.25, 0.3) is 0 Å². The first-order valence-corrected chi connectivity index (χ1v) is 5.73. The van der Waals surface area contributed by atoms with Gasteiger partial charge in [-0.25, -0.2) is 4.98 Å². The molecular formula is C11H16ClN3. The summed E-state index contributed by atoms with van der Waals surface area (Å²) in [5.74, 6) is 0. The highest BCUT2D eigenvalue weighted by Gasteiger charge is 2.13. The number of nitrogens with zero attached hydrogens (tertiary/aromatic N) is 1. The first-order valence-electron chi connectivity index (χ1n) is 5.35. The summed E-state index contributed by atoms with van der Waals surface area (Å²) >= 11 is 5.99. The summed E-state index contributed by atoms with van der Waals surface area (Å²) in [5, 5.41) is 7.33. The molecule has 82 valence electrons. The van der Waals surface area contributed by atoms with Crippen LogP contribution in [-0.4, -0.2) is 24.1 Å². The molecule has 2 rings (SSSR count). The number of nitrogens with one attached hydrogen (secondary N) is 2. The Hall–Kier alpha value is -0.800. The molecule has 0 spiro atoms. The molecule has 0 aromatic carbocycles. The minimum absolute atomic E-state index is 0.554. The summed E-state index contributed by atoms with van der Waals surface area (Å²) in [4.78, 5) is 4.11. The van der Waals surface area contributed by atoms with Crippen LogP contribution in [0.2, 0.25) is 5.15 Å². The predicted molar refractivity (Wildman–Crippen MR) is 63.5 cm³/mol. The van der Waals surface area contributed by atoms with Crippen molar-refractivity contribution in [3.63, 3.8) is 0 Å². The van der Waals surface area contributed by atoms with Gasteiger partial charge in [0, 0.05) is 18.8 Å². The summed E-state index contributed by atoms with van der Waals surface area (Å²) in [7, 11) is 0. The molecule has 1 aliphatic rings. The number of aromatic nitrogens is 1. The lowest BCUT2D eigenvalue weighted by molar-refractivity contribution is 0.633. The van der Waals surface area contributed by atoms with Crippen LogP contribution >= 0.6 is 11.6 Å². The number of anilines is 1. The molecule has 2 heterocycles. The molecule has 2 N–H and O–H groups in total. The lowest BCUT2D eigenvalue weighted by Gasteiger charge is -2.13. The summed E-state index contributed by atoms with van der Waals surface area (Å²) in [6, 6.07) is 2.60. The average Bonchev–Trinajstić information content (AvgIpc) is 2.72. The van der Waals surface area contributed by atoms with Gasteiger partial charge in [0.1, 0.15) is 0 Å². The van der Waals surface area contributed by atoms with E-state index < -0.39 is 0 Å². The summed E-state index contributed by atoms with van der Waals surface area (Å²) in [6.07, 6.45) is 4.29. The maximum atomic E-state index is 5.99. The van der Waals surface area contributed by atoms with Crippen molar-refractivity contribution in [3.8, 4) is 0 Å². The molecule has 0 saturated carbocycles. The van der Waals surface area contributed by atoms with Crippen molar-refractivity contribution < 1.29 is 0 Å². The third-order valence-corrected chi connectivity index (χ3v) is 2.98. The molecule has 0 bridgehead atoms. The van der Waals surface area contributed by atoms with Gasteiger partial charge in [0.2, 0.25) is 0 Å². The smallest absolute Gasteiger partial charge is 0.152 e. The molecule has 1 atom stereocenters. The van der Waals surface area contributed by atoms with Gasteiger partial charge < -0.3 is 10.6 Å². The van der Waals surface area contributed by atoms with Gasteiger partial charge in [-0.05, 0) is 37.9 Å². The SMILES string of the molecule is Cc1cnc(Cl)c(NCC2CCCN2)c1. The number of pyridine rings is 1. The first-order chi connectivity index (χ1) is 7.25. The van der Waals surface area contributed by atoms with Crippen LogP contribution in [0, 0.1) is 6.92 Å². The molecule has 1 unspecified atom stereocenters.